The molecule has 0 spiro atoms. The number of carbonyl (C=O) groups is 1. The van der Waals surface area contributed by atoms with E-state index in [1.165, 1.54) is 0 Å². The highest BCUT2D eigenvalue weighted by atomic mass is 35.5. The molecule has 0 saturated heterocycles. The van der Waals surface area contributed by atoms with Crippen molar-refractivity contribution in [3.05, 3.63) is 40.9 Å². The molecule has 0 heterocycles. The largest absolute Gasteiger partial charge is 0.496 e. The Bertz CT molecular complexity index is 446. The molecule has 4 nitrogen and oxygen atoms in total. The number of hydrogen-bond donors (Lipinski definition) is 1. The second-order valence-electron chi connectivity index (χ2n) is 3.89. The minimum atomic E-state index is -0.941. The number of aliphatic carboxylic acids is 1. The van der Waals surface area contributed by atoms with E-state index in [1.54, 1.807) is 19.3 Å². The number of halogens is 1. The molecule has 0 aliphatic rings. The fourth-order valence-electron chi connectivity index (χ4n) is 1.56. The number of methoxy groups -OCH3 is 1. The average molecular weight is 270 g/mol. The molecule has 0 aliphatic carbocycles. The van der Waals surface area contributed by atoms with Crippen molar-refractivity contribution >= 4 is 17.6 Å². The second kappa shape index (κ2) is 7.03. The van der Waals surface area contributed by atoms with Gasteiger partial charge in [0.15, 0.2) is 0 Å². The molecule has 18 heavy (non-hydrogen) atoms. The summed E-state index contributed by atoms with van der Waals surface area (Å²) in [6.45, 7) is 1.18. The van der Waals surface area contributed by atoms with E-state index in [0.717, 1.165) is 17.4 Å². The van der Waals surface area contributed by atoms with E-state index in [-0.39, 0.29) is 0 Å². The van der Waals surface area contributed by atoms with Crippen LogP contribution in [-0.4, -0.2) is 36.7 Å². The van der Waals surface area contributed by atoms with Crippen LogP contribution >= 0.6 is 11.6 Å². The molecule has 1 aromatic carbocycles. The van der Waals surface area contributed by atoms with E-state index in [1.807, 2.05) is 24.1 Å². The van der Waals surface area contributed by atoms with Gasteiger partial charge in [-0.1, -0.05) is 17.7 Å². The first kappa shape index (κ1) is 14.5. The molecule has 1 N–H and O–H groups in total. The van der Waals surface area contributed by atoms with E-state index in [4.69, 9.17) is 21.4 Å². The van der Waals surface area contributed by atoms with Gasteiger partial charge in [-0.2, -0.15) is 0 Å². The summed E-state index contributed by atoms with van der Waals surface area (Å²) in [5.74, 6) is -0.169. The van der Waals surface area contributed by atoms with Gasteiger partial charge in [-0.3, -0.25) is 4.90 Å². The molecular formula is C13H16ClNO3. The van der Waals surface area contributed by atoms with Crippen molar-refractivity contribution < 1.29 is 14.6 Å². The molecule has 0 fully saturated rings. The number of carboxylic acids is 1. The molecule has 0 radical (unpaired) electrons. The SMILES string of the molecule is COc1ccc(Cl)cc1CN(C)C/C=C/C(=O)O. The summed E-state index contributed by atoms with van der Waals surface area (Å²) in [6, 6.07) is 5.44. The van der Waals surface area contributed by atoms with E-state index >= 15 is 0 Å². The number of nitrogens with zero attached hydrogens (tertiary/aromatic N) is 1. The highest BCUT2D eigenvalue weighted by Crippen LogP contribution is 2.23. The standard InChI is InChI=1S/C13H16ClNO3/c1-15(7-3-4-13(16)17)9-10-8-11(14)5-6-12(10)18-2/h3-6,8H,7,9H2,1-2H3,(H,16,17)/b4-3+. The Kier molecular flexibility index (Phi) is 5.68. The summed E-state index contributed by atoms with van der Waals surface area (Å²) in [7, 11) is 3.50. The van der Waals surface area contributed by atoms with Gasteiger partial charge < -0.3 is 9.84 Å². The third kappa shape index (κ3) is 4.77. The van der Waals surface area contributed by atoms with E-state index < -0.39 is 5.97 Å². The highest BCUT2D eigenvalue weighted by Gasteiger charge is 2.06. The molecule has 0 saturated carbocycles. The first-order valence-corrected chi connectivity index (χ1v) is 5.81. The molecule has 0 aromatic heterocycles. The van der Waals surface area contributed by atoms with Crippen molar-refractivity contribution in [3.63, 3.8) is 0 Å². The molecule has 0 bridgehead atoms. The Morgan fingerprint density at radius 1 is 1.56 bits per heavy atom. The van der Waals surface area contributed by atoms with Gasteiger partial charge in [0, 0.05) is 29.8 Å². The van der Waals surface area contributed by atoms with Crippen LogP contribution < -0.4 is 4.74 Å². The van der Waals surface area contributed by atoms with Crippen LogP contribution in [0.2, 0.25) is 5.02 Å². The lowest BCUT2D eigenvalue weighted by molar-refractivity contribution is -0.131. The topological polar surface area (TPSA) is 49.8 Å². The van der Waals surface area contributed by atoms with Gasteiger partial charge in [-0.25, -0.2) is 4.79 Å². The molecule has 0 unspecified atom stereocenters. The van der Waals surface area contributed by atoms with Gasteiger partial charge in [-0.05, 0) is 25.2 Å². The lowest BCUT2D eigenvalue weighted by Crippen LogP contribution is -2.18. The monoisotopic (exact) mass is 269 g/mol. The molecule has 1 aromatic rings. The third-order valence-corrected chi connectivity index (χ3v) is 2.60. The minimum absolute atomic E-state index is 0.544. The first-order valence-electron chi connectivity index (χ1n) is 5.43. The maximum Gasteiger partial charge on any atom is 0.328 e. The zero-order valence-electron chi connectivity index (χ0n) is 10.4. The van der Waals surface area contributed by atoms with Crippen molar-refractivity contribution in [3.8, 4) is 5.75 Å². The smallest absolute Gasteiger partial charge is 0.328 e. The number of rotatable bonds is 6. The van der Waals surface area contributed by atoms with Gasteiger partial charge in [0.2, 0.25) is 0 Å². The zero-order valence-corrected chi connectivity index (χ0v) is 11.1. The van der Waals surface area contributed by atoms with Crippen molar-refractivity contribution in [1.29, 1.82) is 0 Å². The maximum atomic E-state index is 10.3. The van der Waals surface area contributed by atoms with Crippen LogP contribution in [0.1, 0.15) is 5.56 Å². The predicted molar refractivity (Wildman–Crippen MR) is 71.1 cm³/mol. The summed E-state index contributed by atoms with van der Waals surface area (Å²) in [5, 5.41) is 9.14. The Labute approximate surface area is 111 Å². The van der Waals surface area contributed by atoms with Crippen molar-refractivity contribution in [2.24, 2.45) is 0 Å². The minimum Gasteiger partial charge on any atom is -0.496 e. The van der Waals surface area contributed by atoms with Crippen molar-refractivity contribution in [1.82, 2.24) is 4.90 Å². The fraction of sp³-hybridized carbons (Fsp3) is 0.308. The Balaban J connectivity index is 2.66. The summed E-state index contributed by atoms with van der Waals surface area (Å²) in [4.78, 5) is 12.3. The molecule has 1 rings (SSSR count). The van der Waals surface area contributed by atoms with Crippen LogP contribution in [0.25, 0.3) is 0 Å². The van der Waals surface area contributed by atoms with Crippen LogP contribution in [-0.2, 0) is 11.3 Å². The van der Waals surface area contributed by atoms with Crippen molar-refractivity contribution in [2.75, 3.05) is 20.7 Å². The van der Waals surface area contributed by atoms with Crippen LogP contribution in [0.4, 0.5) is 0 Å². The summed E-state index contributed by atoms with van der Waals surface area (Å²) in [6.07, 6.45) is 2.73. The zero-order chi connectivity index (χ0) is 13.5. The van der Waals surface area contributed by atoms with Crippen LogP contribution in [0.15, 0.2) is 30.4 Å². The normalized spacial score (nSPS) is 11.1. The molecule has 0 amide bonds. The van der Waals surface area contributed by atoms with Crippen LogP contribution in [0, 0.1) is 0 Å². The third-order valence-electron chi connectivity index (χ3n) is 2.36. The first-order chi connectivity index (χ1) is 8.52. The Morgan fingerprint density at radius 3 is 2.89 bits per heavy atom. The average Bonchev–Trinajstić information content (AvgIpc) is 2.28. The number of ether oxygens (including phenoxy) is 1. The van der Waals surface area contributed by atoms with Crippen LogP contribution in [0.3, 0.4) is 0 Å². The van der Waals surface area contributed by atoms with E-state index in [9.17, 15) is 4.79 Å². The molecule has 98 valence electrons. The van der Waals surface area contributed by atoms with E-state index in [0.29, 0.717) is 18.1 Å². The van der Waals surface area contributed by atoms with Gasteiger partial charge in [0.1, 0.15) is 5.75 Å². The molecule has 0 aliphatic heterocycles. The van der Waals surface area contributed by atoms with Gasteiger partial charge >= 0.3 is 5.97 Å². The summed E-state index contributed by atoms with van der Waals surface area (Å²) >= 11 is 5.94. The molecular weight excluding hydrogens is 254 g/mol. The number of benzene rings is 1. The van der Waals surface area contributed by atoms with Gasteiger partial charge in [0.25, 0.3) is 0 Å². The van der Waals surface area contributed by atoms with Gasteiger partial charge in [0.05, 0.1) is 7.11 Å². The highest BCUT2D eigenvalue weighted by molar-refractivity contribution is 6.30. The Morgan fingerprint density at radius 2 is 2.28 bits per heavy atom. The lowest BCUT2D eigenvalue weighted by atomic mass is 10.2. The second-order valence-corrected chi connectivity index (χ2v) is 4.33. The van der Waals surface area contributed by atoms with Crippen molar-refractivity contribution in [2.45, 2.75) is 6.54 Å². The molecule has 0 atom stereocenters. The number of likely N-dealkylation sites (N-methyl/N-ethyl adjacent to an activating group) is 1. The maximum absolute atomic E-state index is 10.3. The number of hydrogen-bond acceptors (Lipinski definition) is 3. The summed E-state index contributed by atoms with van der Waals surface area (Å²) in [5.41, 5.74) is 0.969. The summed E-state index contributed by atoms with van der Waals surface area (Å²) < 4.78 is 5.25. The van der Waals surface area contributed by atoms with Gasteiger partial charge in [-0.15, -0.1) is 0 Å². The Hall–Kier alpha value is -1.52. The lowest BCUT2D eigenvalue weighted by Gasteiger charge is -2.16. The van der Waals surface area contributed by atoms with E-state index in [2.05, 4.69) is 0 Å². The quantitative estimate of drug-likeness (QED) is 0.806. The van der Waals surface area contributed by atoms with Crippen LogP contribution in [0.5, 0.6) is 5.75 Å². The fourth-order valence-corrected chi connectivity index (χ4v) is 1.75. The predicted octanol–water partition coefficient (Wildman–Crippen LogP) is 2.42. The molecule has 5 heteroatoms. The number of carboxylic acid groups (broad SMARTS) is 1.